The molecule has 1 aromatic carbocycles. The number of nitro benzene ring substituents is 1. The van der Waals surface area contributed by atoms with Crippen LogP contribution >= 0.6 is 0 Å². The van der Waals surface area contributed by atoms with E-state index >= 15 is 0 Å². The first-order chi connectivity index (χ1) is 16.8. The van der Waals surface area contributed by atoms with Crippen molar-refractivity contribution in [3.63, 3.8) is 0 Å². The van der Waals surface area contributed by atoms with Crippen LogP contribution in [0.3, 0.4) is 0 Å². The maximum Gasteiger partial charge on any atom is 0.311 e. The summed E-state index contributed by atoms with van der Waals surface area (Å²) < 4.78 is 15.8. The summed E-state index contributed by atoms with van der Waals surface area (Å²) in [6.45, 7) is 2.68. The summed E-state index contributed by atoms with van der Waals surface area (Å²) in [4.78, 5) is 45.1. The number of unbranched alkanes of at least 4 members (excludes halogenated alkanes) is 7. The fraction of sp³-hybridized carbons (Fsp3) is 0.640. The molecule has 0 saturated heterocycles. The number of benzene rings is 1. The van der Waals surface area contributed by atoms with E-state index in [1.807, 2.05) is 0 Å². The Hall–Kier alpha value is -3.01. The van der Waals surface area contributed by atoms with Crippen molar-refractivity contribution in [2.75, 3.05) is 13.2 Å². The maximum atomic E-state index is 12.1. The Kier molecular flexibility index (Phi) is 15.7. The lowest BCUT2D eigenvalue weighted by Crippen LogP contribution is -2.26. The third-order valence-corrected chi connectivity index (χ3v) is 5.19. The van der Waals surface area contributed by atoms with E-state index in [1.165, 1.54) is 56.4 Å². The fourth-order valence-electron chi connectivity index (χ4n) is 3.32. The number of carboxylic acid groups (broad SMARTS) is 1. The van der Waals surface area contributed by atoms with E-state index in [0.29, 0.717) is 6.61 Å². The number of hydrogen-bond donors (Lipinski definition) is 1. The Morgan fingerprint density at radius 2 is 1.51 bits per heavy atom. The van der Waals surface area contributed by atoms with Gasteiger partial charge in [-0.1, -0.05) is 51.9 Å². The van der Waals surface area contributed by atoms with E-state index < -0.39 is 28.9 Å². The van der Waals surface area contributed by atoms with Gasteiger partial charge in [0, 0.05) is 31.6 Å². The van der Waals surface area contributed by atoms with Crippen molar-refractivity contribution < 1.29 is 38.6 Å². The zero-order valence-electron chi connectivity index (χ0n) is 20.4. The van der Waals surface area contributed by atoms with Crippen molar-refractivity contribution in [1.82, 2.24) is 0 Å². The highest BCUT2D eigenvalue weighted by molar-refractivity contribution is 5.74. The molecular formula is C25H37NO9. The number of rotatable bonds is 20. The van der Waals surface area contributed by atoms with E-state index in [0.717, 1.165) is 19.3 Å². The molecule has 0 aromatic heterocycles. The molecule has 0 radical (unpaired) electrons. The average Bonchev–Trinajstić information content (AvgIpc) is 2.80. The number of aliphatic carboxylic acids is 1. The maximum absolute atomic E-state index is 12.1. The zero-order valence-corrected chi connectivity index (χ0v) is 20.4. The summed E-state index contributed by atoms with van der Waals surface area (Å²) in [5.41, 5.74) is -0.120. The molecule has 1 N–H and O–H groups in total. The second-order valence-electron chi connectivity index (χ2n) is 8.34. The Balaban J connectivity index is 2.23. The van der Waals surface area contributed by atoms with Crippen LogP contribution in [0.1, 0.15) is 84.0 Å². The van der Waals surface area contributed by atoms with E-state index in [9.17, 15) is 24.5 Å². The summed E-state index contributed by atoms with van der Waals surface area (Å²) in [5.74, 6) is -2.14. The van der Waals surface area contributed by atoms with Gasteiger partial charge in [-0.2, -0.15) is 0 Å². The molecular weight excluding hydrogens is 458 g/mol. The monoisotopic (exact) mass is 495 g/mol. The number of hydrogen-bond acceptors (Lipinski definition) is 8. The number of carbonyl (C=O) groups is 3. The Bertz CT molecular complexity index is 780. The van der Waals surface area contributed by atoms with E-state index in [1.54, 1.807) is 0 Å². The van der Waals surface area contributed by atoms with Gasteiger partial charge in [0.15, 0.2) is 0 Å². The molecule has 10 nitrogen and oxygen atoms in total. The number of carbonyl (C=O) groups excluding carboxylic acids is 2. The van der Waals surface area contributed by atoms with Gasteiger partial charge in [0.25, 0.3) is 5.69 Å². The molecule has 196 valence electrons. The molecule has 1 atom stereocenters. The third-order valence-electron chi connectivity index (χ3n) is 5.19. The molecule has 0 fully saturated rings. The van der Waals surface area contributed by atoms with Crippen LogP contribution < -0.4 is 4.74 Å². The fourth-order valence-corrected chi connectivity index (χ4v) is 3.32. The van der Waals surface area contributed by atoms with Crippen molar-refractivity contribution >= 4 is 23.6 Å². The number of esters is 2. The minimum Gasteiger partial charge on any atom is -0.481 e. The number of nitrogens with zero attached hydrogens (tertiary/aromatic N) is 1. The largest absolute Gasteiger partial charge is 0.481 e. The highest BCUT2D eigenvalue weighted by atomic mass is 16.6. The van der Waals surface area contributed by atoms with Gasteiger partial charge in [0.1, 0.15) is 11.9 Å². The topological polar surface area (TPSA) is 142 Å². The van der Waals surface area contributed by atoms with Crippen LogP contribution in [-0.2, 0) is 23.9 Å². The third kappa shape index (κ3) is 15.5. The normalized spacial score (nSPS) is 11.6. The summed E-state index contributed by atoms with van der Waals surface area (Å²) in [7, 11) is 0. The van der Waals surface area contributed by atoms with Crippen LogP contribution in [0, 0.1) is 10.1 Å². The number of non-ortho nitro benzene ring substituents is 1. The molecule has 0 heterocycles. The molecule has 0 aliphatic heterocycles. The highest BCUT2D eigenvalue weighted by Crippen LogP contribution is 2.18. The minimum atomic E-state index is -1.09. The van der Waals surface area contributed by atoms with Crippen LogP contribution in [0.5, 0.6) is 5.75 Å². The van der Waals surface area contributed by atoms with Crippen LogP contribution in [0.4, 0.5) is 5.69 Å². The van der Waals surface area contributed by atoms with Gasteiger partial charge in [-0.3, -0.25) is 24.5 Å². The lowest BCUT2D eigenvalue weighted by atomic mass is 10.1. The molecule has 10 heteroatoms. The van der Waals surface area contributed by atoms with E-state index in [-0.39, 0.29) is 43.7 Å². The Morgan fingerprint density at radius 3 is 2.11 bits per heavy atom. The van der Waals surface area contributed by atoms with Crippen LogP contribution in [-0.4, -0.2) is 47.3 Å². The van der Waals surface area contributed by atoms with Crippen LogP contribution in [0.25, 0.3) is 0 Å². The predicted octanol–water partition coefficient (Wildman–Crippen LogP) is 5.21. The Labute approximate surface area is 206 Å². The molecule has 0 saturated carbocycles. The first kappa shape index (κ1) is 30.0. The van der Waals surface area contributed by atoms with Crippen molar-refractivity contribution in [3.8, 4) is 5.75 Å². The second kappa shape index (κ2) is 18.3. The van der Waals surface area contributed by atoms with E-state index in [2.05, 4.69) is 6.92 Å². The van der Waals surface area contributed by atoms with Crippen LogP contribution in [0.15, 0.2) is 24.3 Å². The molecule has 0 aliphatic carbocycles. The molecule has 1 rings (SSSR count). The smallest absolute Gasteiger partial charge is 0.311 e. The van der Waals surface area contributed by atoms with Crippen LogP contribution in [0.2, 0.25) is 0 Å². The molecule has 0 spiro atoms. The lowest BCUT2D eigenvalue weighted by Gasteiger charge is -2.16. The first-order valence-corrected chi connectivity index (χ1v) is 12.3. The standard InChI is InChI=1S/C25H37NO9/c1-2-3-4-5-6-7-8-9-17-33-19-22(18-23(27)28)35-25(30)12-10-11-24(29)34-21-15-13-20(14-16-21)26(31)32/h13-16,22H,2-12,17-19H2,1H3,(H,27,28). The van der Waals surface area contributed by atoms with Gasteiger partial charge in [-0.05, 0) is 25.0 Å². The van der Waals surface area contributed by atoms with Crippen molar-refractivity contribution in [3.05, 3.63) is 34.4 Å². The molecule has 0 aliphatic rings. The van der Waals surface area contributed by atoms with Gasteiger partial charge in [-0.25, -0.2) is 0 Å². The average molecular weight is 496 g/mol. The molecule has 1 unspecified atom stereocenters. The molecule has 1 aromatic rings. The second-order valence-corrected chi connectivity index (χ2v) is 8.34. The van der Waals surface area contributed by atoms with Gasteiger partial charge >= 0.3 is 17.9 Å². The van der Waals surface area contributed by atoms with Gasteiger partial charge in [0.2, 0.25) is 0 Å². The van der Waals surface area contributed by atoms with Gasteiger partial charge in [0.05, 0.1) is 18.0 Å². The number of carboxylic acids is 1. The van der Waals surface area contributed by atoms with E-state index in [4.69, 9.17) is 19.3 Å². The molecule has 35 heavy (non-hydrogen) atoms. The Morgan fingerprint density at radius 1 is 0.914 bits per heavy atom. The minimum absolute atomic E-state index is 0.0106. The summed E-state index contributed by atoms with van der Waals surface area (Å²) >= 11 is 0. The quantitative estimate of drug-likeness (QED) is 0.0847. The summed E-state index contributed by atoms with van der Waals surface area (Å²) in [6, 6.07) is 5.07. The highest BCUT2D eigenvalue weighted by Gasteiger charge is 2.19. The number of ether oxygens (including phenoxy) is 3. The summed E-state index contributed by atoms with van der Waals surface area (Å²) in [5, 5.41) is 19.7. The zero-order chi connectivity index (χ0) is 25.9. The molecule has 0 amide bonds. The summed E-state index contributed by atoms with van der Waals surface area (Å²) in [6.07, 6.45) is 8.07. The van der Waals surface area contributed by atoms with Gasteiger partial charge in [-0.15, -0.1) is 0 Å². The number of nitro groups is 1. The SMILES string of the molecule is CCCCCCCCCCOCC(CC(=O)O)OC(=O)CCCC(=O)Oc1ccc([N+](=O)[O-])cc1. The van der Waals surface area contributed by atoms with Crippen molar-refractivity contribution in [1.29, 1.82) is 0 Å². The lowest BCUT2D eigenvalue weighted by molar-refractivity contribution is -0.384. The van der Waals surface area contributed by atoms with Gasteiger partial charge < -0.3 is 19.3 Å². The van der Waals surface area contributed by atoms with Crippen molar-refractivity contribution in [2.45, 2.75) is 90.1 Å². The molecule has 0 bridgehead atoms. The van der Waals surface area contributed by atoms with Crippen molar-refractivity contribution in [2.24, 2.45) is 0 Å². The first-order valence-electron chi connectivity index (χ1n) is 12.3. The predicted molar refractivity (Wildman–Crippen MR) is 128 cm³/mol.